The van der Waals surface area contributed by atoms with Crippen molar-refractivity contribution in [3.05, 3.63) is 24.4 Å². The Kier molecular flexibility index (Phi) is 1.58. The second kappa shape index (κ2) is 2.52. The van der Waals surface area contributed by atoms with Crippen LogP contribution >= 0.6 is 0 Å². The average Bonchev–Trinajstić information content (AvgIpc) is 2.48. The Morgan fingerprint density at radius 1 is 1.31 bits per heavy atom. The van der Waals surface area contributed by atoms with Gasteiger partial charge in [0.25, 0.3) is 0 Å². The summed E-state index contributed by atoms with van der Waals surface area (Å²) < 4.78 is 1.70. The Balaban J connectivity index is 2.75. The zero-order valence-corrected chi connectivity index (χ0v) is 8.02. The Morgan fingerprint density at radius 2 is 2.08 bits per heavy atom. The van der Waals surface area contributed by atoms with Crippen LogP contribution in [0.5, 0.6) is 0 Å². The number of aromatic nitrogens is 4. The van der Waals surface area contributed by atoms with Gasteiger partial charge in [0, 0.05) is 11.8 Å². The van der Waals surface area contributed by atoms with Gasteiger partial charge in [-0.2, -0.15) is 5.10 Å². The second-order valence-corrected chi connectivity index (χ2v) is 4.09. The maximum atomic E-state index is 4.20. The molecule has 13 heavy (non-hydrogen) atoms. The fourth-order valence-electron chi connectivity index (χ4n) is 1.29. The molecule has 0 fully saturated rings. The van der Waals surface area contributed by atoms with Gasteiger partial charge in [0.1, 0.15) is 12.7 Å². The second-order valence-electron chi connectivity index (χ2n) is 4.09. The maximum absolute atomic E-state index is 4.20. The molecule has 0 radical (unpaired) electrons. The highest BCUT2D eigenvalue weighted by Crippen LogP contribution is 2.23. The topological polar surface area (TPSA) is 43.1 Å². The minimum atomic E-state index is 0.0581. The summed E-state index contributed by atoms with van der Waals surface area (Å²) in [5.74, 6) is 0. The van der Waals surface area contributed by atoms with E-state index in [-0.39, 0.29) is 5.41 Å². The van der Waals surface area contributed by atoms with Crippen LogP contribution < -0.4 is 0 Å². The van der Waals surface area contributed by atoms with Gasteiger partial charge in [-0.1, -0.05) is 20.8 Å². The van der Waals surface area contributed by atoms with Crippen LogP contribution in [0.1, 0.15) is 26.3 Å². The Bertz CT molecular complexity index is 424. The third kappa shape index (κ3) is 1.28. The van der Waals surface area contributed by atoms with Gasteiger partial charge in [0.05, 0.1) is 0 Å². The minimum Gasteiger partial charge on any atom is -0.244 e. The highest BCUT2D eigenvalue weighted by Gasteiger charge is 2.18. The number of hydrogen-bond donors (Lipinski definition) is 0. The molecule has 0 aliphatic carbocycles. The fourth-order valence-corrected chi connectivity index (χ4v) is 1.29. The summed E-state index contributed by atoms with van der Waals surface area (Å²) in [6.07, 6.45) is 5.06. The molecule has 4 nitrogen and oxygen atoms in total. The lowest BCUT2D eigenvalue weighted by atomic mass is 9.89. The van der Waals surface area contributed by atoms with Gasteiger partial charge < -0.3 is 0 Å². The lowest BCUT2D eigenvalue weighted by molar-refractivity contribution is 0.587. The minimum absolute atomic E-state index is 0.0581. The first-order valence-electron chi connectivity index (χ1n) is 4.23. The van der Waals surface area contributed by atoms with E-state index in [1.165, 1.54) is 0 Å². The SMILES string of the molecule is CC(C)(C)c1cncn2ncnc12. The molecule has 2 heterocycles. The molecular weight excluding hydrogens is 164 g/mol. The van der Waals surface area contributed by atoms with Gasteiger partial charge in [-0.15, -0.1) is 0 Å². The van der Waals surface area contributed by atoms with E-state index in [1.807, 2.05) is 6.20 Å². The molecule has 0 aliphatic rings. The lowest BCUT2D eigenvalue weighted by Crippen LogP contribution is -2.13. The molecule has 4 heteroatoms. The van der Waals surface area contributed by atoms with Crippen LogP contribution in [0.15, 0.2) is 18.9 Å². The molecule has 2 aromatic heterocycles. The summed E-state index contributed by atoms with van der Waals surface area (Å²) in [5.41, 5.74) is 2.07. The van der Waals surface area contributed by atoms with E-state index in [0.717, 1.165) is 11.2 Å². The summed E-state index contributed by atoms with van der Waals surface area (Å²) in [4.78, 5) is 8.31. The van der Waals surface area contributed by atoms with Crippen molar-refractivity contribution in [2.75, 3.05) is 0 Å². The lowest BCUT2D eigenvalue weighted by Gasteiger charge is -2.18. The first kappa shape index (κ1) is 8.16. The molecule has 0 atom stereocenters. The molecule has 0 N–H and O–H groups in total. The molecule has 0 aromatic carbocycles. The molecular formula is C9H12N4. The van der Waals surface area contributed by atoms with Gasteiger partial charge in [-0.3, -0.25) is 0 Å². The van der Waals surface area contributed by atoms with Crippen LogP contribution in [0.4, 0.5) is 0 Å². The van der Waals surface area contributed by atoms with Gasteiger partial charge in [-0.25, -0.2) is 14.5 Å². The maximum Gasteiger partial charge on any atom is 0.162 e. The average molecular weight is 176 g/mol. The number of nitrogens with zero attached hydrogens (tertiary/aromatic N) is 4. The largest absolute Gasteiger partial charge is 0.244 e. The number of hydrogen-bond acceptors (Lipinski definition) is 3. The van der Waals surface area contributed by atoms with E-state index in [9.17, 15) is 0 Å². The first-order chi connectivity index (χ1) is 6.09. The van der Waals surface area contributed by atoms with E-state index in [2.05, 4.69) is 35.8 Å². The van der Waals surface area contributed by atoms with E-state index in [0.29, 0.717) is 0 Å². The third-order valence-electron chi connectivity index (χ3n) is 2.00. The Hall–Kier alpha value is -1.45. The summed E-state index contributed by atoms with van der Waals surface area (Å²) in [7, 11) is 0. The van der Waals surface area contributed by atoms with Crippen molar-refractivity contribution in [2.24, 2.45) is 0 Å². The van der Waals surface area contributed by atoms with Gasteiger partial charge in [0.2, 0.25) is 0 Å². The summed E-state index contributed by atoms with van der Waals surface area (Å²) in [5, 5.41) is 4.04. The molecule has 0 saturated carbocycles. The third-order valence-corrected chi connectivity index (χ3v) is 2.00. The van der Waals surface area contributed by atoms with Crippen LogP contribution in [-0.4, -0.2) is 19.6 Å². The fraction of sp³-hybridized carbons (Fsp3) is 0.444. The summed E-state index contributed by atoms with van der Waals surface area (Å²) in [6, 6.07) is 0. The van der Waals surface area contributed by atoms with Crippen molar-refractivity contribution in [3.8, 4) is 0 Å². The highest BCUT2D eigenvalue weighted by atomic mass is 15.3. The van der Waals surface area contributed by atoms with Crippen LogP contribution in [-0.2, 0) is 5.41 Å². The zero-order valence-electron chi connectivity index (χ0n) is 8.02. The van der Waals surface area contributed by atoms with Crippen molar-refractivity contribution < 1.29 is 0 Å². The molecule has 68 valence electrons. The monoisotopic (exact) mass is 176 g/mol. The normalized spacial score (nSPS) is 12.2. The van der Waals surface area contributed by atoms with Crippen LogP contribution in [0.3, 0.4) is 0 Å². The molecule has 0 spiro atoms. The summed E-state index contributed by atoms with van der Waals surface area (Å²) >= 11 is 0. The molecule has 0 unspecified atom stereocenters. The van der Waals surface area contributed by atoms with Crippen molar-refractivity contribution in [3.63, 3.8) is 0 Å². The molecule has 2 aromatic rings. The smallest absolute Gasteiger partial charge is 0.162 e. The molecule has 0 saturated heterocycles. The van der Waals surface area contributed by atoms with Gasteiger partial charge in [-0.05, 0) is 5.41 Å². The molecule has 2 rings (SSSR count). The molecule has 0 amide bonds. The van der Waals surface area contributed by atoms with E-state index in [4.69, 9.17) is 0 Å². The number of rotatable bonds is 0. The van der Waals surface area contributed by atoms with E-state index >= 15 is 0 Å². The van der Waals surface area contributed by atoms with Crippen molar-refractivity contribution in [2.45, 2.75) is 26.2 Å². The van der Waals surface area contributed by atoms with Crippen LogP contribution in [0.25, 0.3) is 5.65 Å². The van der Waals surface area contributed by atoms with Crippen molar-refractivity contribution >= 4 is 5.65 Å². The molecule has 0 aliphatic heterocycles. The summed E-state index contributed by atoms with van der Waals surface area (Å²) in [6.45, 7) is 6.41. The predicted molar refractivity (Wildman–Crippen MR) is 49.5 cm³/mol. The molecule has 0 bridgehead atoms. The van der Waals surface area contributed by atoms with Gasteiger partial charge >= 0.3 is 0 Å². The highest BCUT2D eigenvalue weighted by molar-refractivity contribution is 5.48. The van der Waals surface area contributed by atoms with Crippen LogP contribution in [0.2, 0.25) is 0 Å². The first-order valence-corrected chi connectivity index (χ1v) is 4.23. The van der Waals surface area contributed by atoms with Crippen LogP contribution in [0, 0.1) is 0 Å². The van der Waals surface area contributed by atoms with E-state index in [1.54, 1.807) is 17.2 Å². The quantitative estimate of drug-likeness (QED) is 0.609. The zero-order chi connectivity index (χ0) is 9.47. The van der Waals surface area contributed by atoms with Crippen molar-refractivity contribution in [1.82, 2.24) is 19.6 Å². The van der Waals surface area contributed by atoms with E-state index < -0.39 is 0 Å². The Labute approximate surface area is 76.6 Å². The standard InChI is InChI=1S/C9H12N4/c1-9(2,3)7-4-10-6-13-8(7)11-5-12-13/h4-6H,1-3H3. The predicted octanol–water partition coefficient (Wildman–Crippen LogP) is 1.42. The van der Waals surface area contributed by atoms with Gasteiger partial charge in [0.15, 0.2) is 5.65 Å². The number of fused-ring (bicyclic) bond motifs is 1. The Morgan fingerprint density at radius 3 is 2.77 bits per heavy atom. The van der Waals surface area contributed by atoms with Crippen molar-refractivity contribution in [1.29, 1.82) is 0 Å².